The van der Waals surface area contributed by atoms with E-state index in [1.807, 2.05) is 0 Å². The number of hydrogen-bond donors (Lipinski definition) is 24. The van der Waals surface area contributed by atoms with E-state index in [4.69, 9.17) is 5.73 Å². The Morgan fingerprint density at radius 1 is 0.381 bits per heavy atom. The molecule has 0 aliphatic carbocycles. The molecular formula is C74H112N16O27S. The number of carbonyl (C=O) groups excluding carboxylic acids is 15. The summed E-state index contributed by atoms with van der Waals surface area (Å²) in [4.78, 5) is 253. The highest BCUT2D eigenvalue weighted by Crippen LogP contribution is 2.15. The molecule has 0 fully saturated rings. The van der Waals surface area contributed by atoms with Crippen LogP contribution in [0.2, 0.25) is 0 Å². The standard InChI is InChI=1S/C74H112N16O27S/c1-12-36(6)58(74(116)117)88-73(115)57(35(4)5)87-69(111)50(33-91)86-67(109)49(30-55(101)102)84-65(107)46(27-42-21-17-14-18-22-42)83-66(108)47(28-53(97)98)80-52(96)32-77-72(114)60(40(10)94)90-68(110)45(26-41-19-15-13-16-20-41)79-51(95)31-76-71(113)59(39(9)93)89-62(104)43(23-24-118-11)81-64(106)44(25-34(2)3)82-61(103)37(7)78-63(105)48(29-54(99)100)85-70(112)56(75)38(8)92/h13-22,34-40,43-50,56-60,91-94H,12,23-33,75H2,1-11H3,(H,76,113)(H,77,114)(H,78,105)(H,79,95)(H,80,96)(H,81,106)(H,82,103)(H,83,108)(H,84,107)(H,85,112)(H,86,109)(H,87,111)(H,88,115)(H,89,104)(H,90,110)(H,97,98)(H,99,100)(H,101,102)(H,116,117)/t36-,37-,38+,39+,40+,43-,44-,45-,46-,47-,48-,49-,50-,56-,57-,58-,59-,60-/m0/s1. The van der Waals surface area contributed by atoms with Gasteiger partial charge in [0, 0.05) is 12.8 Å². The number of carboxylic acid groups (broad SMARTS) is 4. The number of thioether (sulfide) groups is 1. The molecule has 0 saturated heterocycles. The minimum atomic E-state index is -2.09. The Kier molecular flexibility index (Phi) is 44.8. The normalized spacial score (nSPS) is 15.7. The SMILES string of the molecule is CC[C@H](C)[C@H](NC(=O)[C@@H](NC(=O)[C@H](CO)NC(=O)[C@H](CC(=O)O)NC(=O)[C@H](Cc1ccccc1)NC(=O)[C@H](CC(=O)O)NC(=O)CNC(=O)[C@@H](NC(=O)[C@H](Cc1ccccc1)NC(=O)CNC(=O)[C@@H](NC(=O)[C@H](CCSC)NC(=O)[C@H](CC(C)C)NC(=O)[C@H](C)NC(=O)[C@H](CC(=O)O)NC(=O)[C@@H](N)[C@@H](C)O)[C@@H](C)O)[C@@H](C)O)C(C)C)C(=O)O. The van der Waals surface area contributed by atoms with E-state index in [9.17, 15) is 132 Å². The maximum atomic E-state index is 14.2. The Labute approximate surface area is 683 Å². The average molecular weight is 1690 g/mol. The molecule has 0 spiro atoms. The first-order valence-electron chi connectivity index (χ1n) is 37.6. The van der Waals surface area contributed by atoms with E-state index < -0.39 is 273 Å². The van der Waals surface area contributed by atoms with E-state index in [1.54, 1.807) is 70.3 Å². The van der Waals surface area contributed by atoms with Gasteiger partial charge in [-0.1, -0.05) is 109 Å². The number of nitrogens with one attached hydrogen (secondary N) is 15. The summed E-state index contributed by atoms with van der Waals surface area (Å²) in [5.41, 5.74) is 6.36. The Bertz CT molecular complexity index is 3800. The van der Waals surface area contributed by atoms with Gasteiger partial charge in [0.25, 0.3) is 0 Å². The zero-order valence-corrected chi connectivity index (χ0v) is 67.9. The van der Waals surface area contributed by atoms with Crippen molar-refractivity contribution in [3.63, 3.8) is 0 Å². The number of rotatable bonds is 53. The highest BCUT2D eigenvalue weighted by Gasteiger charge is 2.40. The smallest absolute Gasteiger partial charge is 0.326 e. The molecule has 0 saturated carbocycles. The summed E-state index contributed by atoms with van der Waals surface area (Å²) in [7, 11) is 0. The molecule has 44 heteroatoms. The van der Waals surface area contributed by atoms with E-state index in [2.05, 4.69) is 79.8 Å². The molecule has 18 atom stereocenters. The Hall–Kier alpha value is -11.5. The van der Waals surface area contributed by atoms with Gasteiger partial charge in [-0.2, -0.15) is 11.8 Å². The number of carbonyl (C=O) groups is 19. The van der Waals surface area contributed by atoms with Gasteiger partial charge in [0.1, 0.15) is 84.6 Å². The highest BCUT2D eigenvalue weighted by atomic mass is 32.2. The number of amides is 15. The molecule has 2 aromatic carbocycles. The van der Waals surface area contributed by atoms with Crippen molar-refractivity contribution in [2.75, 3.05) is 31.7 Å². The quantitative estimate of drug-likeness (QED) is 0.0293. The van der Waals surface area contributed by atoms with Crippen molar-refractivity contribution in [3.05, 3.63) is 71.8 Å². The zero-order chi connectivity index (χ0) is 89.5. The predicted molar refractivity (Wildman–Crippen MR) is 418 cm³/mol. The molecule has 0 aliphatic rings. The molecule has 15 amide bonds. The van der Waals surface area contributed by atoms with Crippen LogP contribution in [0.1, 0.15) is 119 Å². The topological polar surface area (TPSA) is 693 Å². The number of aliphatic carboxylic acids is 4. The molecule has 0 bridgehead atoms. The van der Waals surface area contributed by atoms with Crippen LogP contribution in [-0.2, 0) is 104 Å². The monoisotopic (exact) mass is 1690 g/mol. The van der Waals surface area contributed by atoms with E-state index in [1.165, 1.54) is 63.7 Å². The van der Waals surface area contributed by atoms with Crippen molar-refractivity contribution in [3.8, 4) is 0 Å². The molecule has 118 heavy (non-hydrogen) atoms. The Morgan fingerprint density at radius 2 is 0.729 bits per heavy atom. The number of nitrogens with two attached hydrogens (primary N) is 1. The third kappa shape index (κ3) is 36.8. The fourth-order valence-corrected chi connectivity index (χ4v) is 11.5. The number of carboxylic acids is 4. The summed E-state index contributed by atoms with van der Waals surface area (Å²) in [6.45, 7) is 11.0. The second kappa shape index (κ2) is 51.6. The van der Waals surface area contributed by atoms with Crippen LogP contribution in [0.3, 0.4) is 0 Å². The maximum Gasteiger partial charge on any atom is 0.326 e. The second-order valence-electron chi connectivity index (χ2n) is 28.7. The molecule has 43 nitrogen and oxygen atoms in total. The summed E-state index contributed by atoms with van der Waals surface area (Å²) < 4.78 is 0. The zero-order valence-electron chi connectivity index (χ0n) is 67.1. The van der Waals surface area contributed by atoms with Crippen LogP contribution in [-0.4, -0.2) is 288 Å². The molecule has 25 N–H and O–H groups in total. The van der Waals surface area contributed by atoms with Crippen molar-refractivity contribution in [2.24, 2.45) is 23.5 Å². The van der Waals surface area contributed by atoms with E-state index in [0.717, 1.165) is 13.8 Å². The molecule has 0 unspecified atom stereocenters. The first-order chi connectivity index (χ1) is 55.2. The van der Waals surface area contributed by atoms with Gasteiger partial charge in [-0.3, -0.25) is 86.3 Å². The molecular weight excluding hydrogens is 1580 g/mol. The van der Waals surface area contributed by atoms with Crippen molar-refractivity contribution >= 4 is 124 Å². The van der Waals surface area contributed by atoms with Crippen LogP contribution in [0.15, 0.2) is 60.7 Å². The second-order valence-corrected chi connectivity index (χ2v) is 29.7. The lowest BCUT2D eigenvalue weighted by Gasteiger charge is -2.28. The minimum absolute atomic E-state index is 0.0520. The van der Waals surface area contributed by atoms with E-state index >= 15 is 0 Å². The van der Waals surface area contributed by atoms with Gasteiger partial charge in [0.15, 0.2) is 0 Å². The summed E-state index contributed by atoms with van der Waals surface area (Å²) in [6, 6.07) is -8.30. The molecule has 0 aliphatic heterocycles. The minimum Gasteiger partial charge on any atom is -0.481 e. The molecule has 2 aromatic rings. The van der Waals surface area contributed by atoms with Crippen molar-refractivity contribution < 1.29 is 132 Å². The van der Waals surface area contributed by atoms with Crippen molar-refractivity contribution in [1.29, 1.82) is 0 Å². The number of hydrogen-bond acceptors (Lipinski definition) is 25. The first kappa shape index (κ1) is 103. The van der Waals surface area contributed by atoms with Gasteiger partial charge in [-0.15, -0.1) is 0 Å². The summed E-state index contributed by atoms with van der Waals surface area (Å²) in [5.74, 6) is -24.9. The van der Waals surface area contributed by atoms with Crippen LogP contribution in [0.5, 0.6) is 0 Å². The van der Waals surface area contributed by atoms with Crippen LogP contribution < -0.4 is 85.5 Å². The van der Waals surface area contributed by atoms with Gasteiger partial charge in [-0.25, -0.2) is 4.79 Å². The van der Waals surface area contributed by atoms with Crippen LogP contribution in [0.4, 0.5) is 0 Å². The van der Waals surface area contributed by atoms with Gasteiger partial charge >= 0.3 is 23.9 Å². The lowest BCUT2D eigenvalue weighted by molar-refractivity contribution is -0.144. The molecule has 0 aromatic heterocycles. The van der Waals surface area contributed by atoms with Crippen LogP contribution in [0.25, 0.3) is 0 Å². The first-order valence-corrected chi connectivity index (χ1v) is 39.0. The van der Waals surface area contributed by atoms with E-state index in [0.29, 0.717) is 17.5 Å². The lowest BCUT2D eigenvalue weighted by atomic mass is 9.97. The summed E-state index contributed by atoms with van der Waals surface area (Å²) in [6.07, 6.45) is -7.11. The third-order valence-electron chi connectivity index (χ3n) is 17.9. The third-order valence-corrected chi connectivity index (χ3v) is 18.5. The molecule has 0 radical (unpaired) electrons. The average Bonchev–Trinajstić information content (AvgIpc) is 0.852. The summed E-state index contributed by atoms with van der Waals surface area (Å²) >= 11 is 1.25. The van der Waals surface area contributed by atoms with Crippen molar-refractivity contribution in [1.82, 2.24) is 79.8 Å². The maximum absolute atomic E-state index is 14.2. The van der Waals surface area contributed by atoms with Gasteiger partial charge < -0.3 is 126 Å². The Balaban J connectivity index is 2.34. The number of aliphatic hydroxyl groups excluding tert-OH is 4. The van der Waals surface area contributed by atoms with Gasteiger partial charge in [-0.05, 0) is 81.4 Å². The largest absolute Gasteiger partial charge is 0.481 e. The van der Waals surface area contributed by atoms with Crippen LogP contribution >= 0.6 is 11.8 Å². The van der Waals surface area contributed by atoms with E-state index in [-0.39, 0.29) is 30.9 Å². The highest BCUT2D eigenvalue weighted by molar-refractivity contribution is 7.98. The van der Waals surface area contributed by atoms with Gasteiger partial charge in [0.2, 0.25) is 88.6 Å². The molecule has 0 heterocycles. The fourth-order valence-electron chi connectivity index (χ4n) is 11.0. The molecule has 656 valence electrons. The number of aliphatic hydroxyl groups is 4. The summed E-state index contributed by atoms with van der Waals surface area (Å²) in [5, 5.41) is 115. The Morgan fingerprint density at radius 3 is 1.14 bits per heavy atom. The predicted octanol–water partition coefficient (Wildman–Crippen LogP) is -7.50. The number of benzene rings is 2. The lowest BCUT2D eigenvalue weighted by Crippen LogP contribution is -2.61. The van der Waals surface area contributed by atoms with Crippen LogP contribution in [0, 0.1) is 17.8 Å². The van der Waals surface area contributed by atoms with Crippen molar-refractivity contribution in [2.45, 2.75) is 224 Å². The fraction of sp³-hybridized carbons (Fsp3) is 0.581. The molecule has 2 rings (SSSR count). The van der Waals surface area contributed by atoms with Gasteiger partial charge in [0.05, 0.1) is 57.3 Å².